The number of aromatic nitrogens is 4. The molecule has 4 aromatic rings. The topological polar surface area (TPSA) is 82.8 Å². The fourth-order valence-corrected chi connectivity index (χ4v) is 3.46. The third kappa shape index (κ3) is 3.13. The molecule has 0 fully saturated rings. The Bertz CT molecular complexity index is 1050. The number of nitrogens with one attached hydrogen (secondary N) is 1. The zero-order valence-electron chi connectivity index (χ0n) is 15.0. The van der Waals surface area contributed by atoms with Crippen LogP contribution >= 0.6 is 11.3 Å². The summed E-state index contributed by atoms with van der Waals surface area (Å²) in [6, 6.07) is 13.5. The summed E-state index contributed by atoms with van der Waals surface area (Å²) in [5, 5.41) is 17.1. The van der Waals surface area contributed by atoms with Gasteiger partial charge in [-0.1, -0.05) is 29.5 Å². The molecule has 0 aliphatic heterocycles. The summed E-state index contributed by atoms with van der Waals surface area (Å²) in [7, 11) is 4.72. The SMILES string of the molecule is COc1cc(-c2nnc3sc(Nc4ccccc4)nn23)cc(OC)c1OC. The van der Waals surface area contributed by atoms with E-state index in [1.807, 2.05) is 42.5 Å². The maximum atomic E-state index is 5.42. The number of para-hydroxylation sites is 1. The van der Waals surface area contributed by atoms with E-state index >= 15 is 0 Å². The van der Waals surface area contributed by atoms with Crippen molar-refractivity contribution < 1.29 is 14.2 Å². The van der Waals surface area contributed by atoms with Gasteiger partial charge < -0.3 is 19.5 Å². The number of hydrogen-bond acceptors (Lipinski definition) is 8. The lowest BCUT2D eigenvalue weighted by Crippen LogP contribution is -1.98. The van der Waals surface area contributed by atoms with Crippen LogP contribution in [0.5, 0.6) is 17.2 Å². The van der Waals surface area contributed by atoms with Gasteiger partial charge in [0.25, 0.3) is 0 Å². The van der Waals surface area contributed by atoms with Gasteiger partial charge in [0.15, 0.2) is 17.3 Å². The molecule has 0 saturated carbocycles. The van der Waals surface area contributed by atoms with Gasteiger partial charge in [-0.25, -0.2) is 0 Å². The van der Waals surface area contributed by atoms with E-state index in [1.54, 1.807) is 25.8 Å². The number of benzene rings is 2. The first kappa shape index (κ1) is 17.1. The van der Waals surface area contributed by atoms with Crippen LogP contribution in [-0.2, 0) is 0 Å². The molecule has 0 saturated heterocycles. The van der Waals surface area contributed by atoms with Crippen LogP contribution in [0.3, 0.4) is 0 Å². The third-order valence-electron chi connectivity index (χ3n) is 3.94. The molecule has 0 aliphatic carbocycles. The summed E-state index contributed by atoms with van der Waals surface area (Å²) >= 11 is 1.42. The van der Waals surface area contributed by atoms with Crippen LogP contribution in [0.25, 0.3) is 16.3 Å². The number of rotatable bonds is 6. The quantitative estimate of drug-likeness (QED) is 0.544. The van der Waals surface area contributed by atoms with Crippen LogP contribution < -0.4 is 19.5 Å². The van der Waals surface area contributed by atoms with Crippen molar-refractivity contribution >= 4 is 27.1 Å². The minimum Gasteiger partial charge on any atom is -0.493 e. The molecule has 1 N–H and O–H groups in total. The van der Waals surface area contributed by atoms with Crippen molar-refractivity contribution in [3.05, 3.63) is 42.5 Å². The molecule has 0 amide bonds. The Morgan fingerprint density at radius 3 is 2.26 bits per heavy atom. The van der Waals surface area contributed by atoms with E-state index < -0.39 is 0 Å². The second-order valence-electron chi connectivity index (χ2n) is 5.53. The summed E-state index contributed by atoms with van der Waals surface area (Å²) in [6.07, 6.45) is 0. The molecule has 0 atom stereocenters. The highest BCUT2D eigenvalue weighted by Crippen LogP contribution is 2.41. The van der Waals surface area contributed by atoms with Crippen molar-refractivity contribution in [2.45, 2.75) is 0 Å². The number of anilines is 2. The van der Waals surface area contributed by atoms with Gasteiger partial charge in [0.05, 0.1) is 21.3 Å². The lowest BCUT2D eigenvalue weighted by molar-refractivity contribution is 0.324. The predicted molar refractivity (Wildman–Crippen MR) is 103 cm³/mol. The Morgan fingerprint density at radius 1 is 0.926 bits per heavy atom. The molecule has 8 nitrogen and oxygen atoms in total. The highest BCUT2D eigenvalue weighted by atomic mass is 32.1. The molecule has 2 heterocycles. The second-order valence-corrected chi connectivity index (χ2v) is 6.49. The van der Waals surface area contributed by atoms with E-state index in [0.29, 0.717) is 28.0 Å². The van der Waals surface area contributed by atoms with Crippen molar-refractivity contribution in [1.82, 2.24) is 19.8 Å². The van der Waals surface area contributed by atoms with Gasteiger partial charge in [-0.2, -0.15) is 4.52 Å². The molecule has 2 aromatic carbocycles. The Hall–Kier alpha value is -3.33. The van der Waals surface area contributed by atoms with Crippen molar-refractivity contribution in [3.63, 3.8) is 0 Å². The molecular weight excluding hydrogens is 366 g/mol. The number of methoxy groups -OCH3 is 3. The van der Waals surface area contributed by atoms with Crippen molar-refractivity contribution in [3.8, 4) is 28.6 Å². The van der Waals surface area contributed by atoms with E-state index in [1.165, 1.54) is 11.3 Å². The molecule has 9 heteroatoms. The monoisotopic (exact) mass is 383 g/mol. The summed E-state index contributed by atoms with van der Waals surface area (Å²) in [6.45, 7) is 0. The number of fused-ring (bicyclic) bond motifs is 1. The Morgan fingerprint density at radius 2 is 1.63 bits per heavy atom. The Labute approximate surface area is 159 Å². The van der Waals surface area contributed by atoms with Gasteiger partial charge in [0.1, 0.15) is 0 Å². The Balaban J connectivity index is 1.76. The maximum absolute atomic E-state index is 5.42. The van der Waals surface area contributed by atoms with E-state index in [0.717, 1.165) is 16.4 Å². The first-order valence-electron chi connectivity index (χ1n) is 8.08. The molecule has 0 aliphatic rings. The highest BCUT2D eigenvalue weighted by Gasteiger charge is 2.19. The zero-order valence-corrected chi connectivity index (χ0v) is 15.8. The molecule has 0 bridgehead atoms. The lowest BCUT2D eigenvalue weighted by atomic mass is 10.1. The average Bonchev–Trinajstić information content (AvgIpc) is 3.27. The number of nitrogens with zero attached hydrogens (tertiary/aromatic N) is 4. The molecule has 2 aromatic heterocycles. The van der Waals surface area contributed by atoms with Crippen molar-refractivity contribution in [2.75, 3.05) is 26.6 Å². The van der Waals surface area contributed by atoms with Crippen LogP contribution in [0.4, 0.5) is 10.8 Å². The minimum absolute atomic E-state index is 0.522. The molecule has 138 valence electrons. The zero-order chi connectivity index (χ0) is 18.8. The van der Waals surface area contributed by atoms with Gasteiger partial charge in [-0.15, -0.1) is 15.3 Å². The standard InChI is InChI=1S/C18H17N5O3S/c1-24-13-9-11(10-14(25-2)15(13)26-3)16-20-21-18-23(16)22-17(27-18)19-12-7-5-4-6-8-12/h4-10H,1-3H3,(H,19,22). The molecule has 0 unspecified atom stereocenters. The molecule has 27 heavy (non-hydrogen) atoms. The molecular formula is C18H17N5O3S. The van der Waals surface area contributed by atoms with Crippen LogP contribution in [0.2, 0.25) is 0 Å². The van der Waals surface area contributed by atoms with E-state index in [-0.39, 0.29) is 0 Å². The first-order valence-corrected chi connectivity index (χ1v) is 8.90. The second kappa shape index (κ2) is 7.12. The summed E-state index contributed by atoms with van der Waals surface area (Å²) in [4.78, 5) is 0.678. The maximum Gasteiger partial charge on any atom is 0.236 e. The fourth-order valence-electron chi connectivity index (χ4n) is 2.70. The van der Waals surface area contributed by atoms with Crippen LogP contribution in [0, 0.1) is 0 Å². The summed E-state index contributed by atoms with van der Waals surface area (Å²) in [5.41, 5.74) is 1.71. The largest absolute Gasteiger partial charge is 0.493 e. The smallest absolute Gasteiger partial charge is 0.236 e. The van der Waals surface area contributed by atoms with E-state index in [9.17, 15) is 0 Å². The van der Waals surface area contributed by atoms with E-state index in [4.69, 9.17) is 14.2 Å². The van der Waals surface area contributed by atoms with Gasteiger partial charge in [-0.05, 0) is 24.3 Å². The van der Waals surface area contributed by atoms with Gasteiger partial charge >= 0.3 is 0 Å². The fraction of sp³-hybridized carbons (Fsp3) is 0.167. The summed E-state index contributed by atoms with van der Waals surface area (Å²) < 4.78 is 17.9. The molecule has 0 radical (unpaired) electrons. The van der Waals surface area contributed by atoms with Crippen molar-refractivity contribution in [2.24, 2.45) is 0 Å². The first-order chi connectivity index (χ1) is 13.2. The number of hydrogen-bond donors (Lipinski definition) is 1. The van der Waals surface area contributed by atoms with Crippen LogP contribution in [-0.4, -0.2) is 41.1 Å². The summed E-state index contributed by atoms with van der Waals surface area (Å²) in [5.74, 6) is 2.19. The van der Waals surface area contributed by atoms with Crippen molar-refractivity contribution in [1.29, 1.82) is 0 Å². The normalized spacial score (nSPS) is 10.8. The highest BCUT2D eigenvalue weighted by molar-refractivity contribution is 7.20. The van der Waals surface area contributed by atoms with E-state index in [2.05, 4.69) is 20.6 Å². The number of ether oxygens (including phenoxy) is 3. The molecule has 0 spiro atoms. The average molecular weight is 383 g/mol. The third-order valence-corrected chi connectivity index (χ3v) is 4.75. The predicted octanol–water partition coefficient (Wildman–Crippen LogP) is 3.62. The molecule has 4 rings (SSSR count). The lowest BCUT2D eigenvalue weighted by Gasteiger charge is -2.13. The van der Waals surface area contributed by atoms with Crippen LogP contribution in [0.15, 0.2) is 42.5 Å². The Kier molecular flexibility index (Phi) is 4.51. The van der Waals surface area contributed by atoms with Crippen LogP contribution in [0.1, 0.15) is 0 Å². The minimum atomic E-state index is 0.522. The van der Waals surface area contributed by atoms with Gasteiger partial charge in [0, 0.05) is 11.3 Å². The van der Waals surface area contributed by atoms with Gasteiger partial charge in [-0.3, -0.25) is 0 Å². The van der Waals surface area contributed by atoms with Gasteiger partial charge in [0.2, 0.25) is 15.8 Å².